The van der Waals surface area contributed by atoms with E-state index >= 15 is 0 Å². The van der Waals surface area contributed by atoms with Crippen molar-refractivity contribution in [2.24, 2.45) is 0 Å². The molecule has 0 aliphatic rings. The predicted octanol–water partition coefficient (Wildman–Crippen LogP) is 2.49. The molecule has 1 aromatic heterocycles. The average molecular weight is 305 g/mol. The molecule has 21 heavy (non-hydrogen) atoms. The standard InChI is InChI=1S/C15H12FNO3S/c1-20-13-9-10(16)4-6-12(13)17-15(19)14-7-5-11(21-14)3-2-8-18/h4-7,9,18H,8H2,1H3,(H,17,19). The second-order valence-corrected chi connectivity index (χ2v) is 5.01. The number of hydrogen-bond donors (Lipinski definition) is 2. The van der Waals surface area contributed by atoms with Crippen LogP contribution in [-0.4, -0.2) is 24.7 Å². The van der Waals surface area contributed by atoms with E-state index in [2.05, 4.69) is 17.2 Å². The van der Waals surface area contributed by atoms with E-state index in [1.165, 1.54) is 36.6 Å². The van der Waals surface area contributed by atoms with E-state index in [-0.39, 0.29) is 18.3 Å². The third-order valence-corrected chi connectivity index (χ3v) is 3.53. The molecule has 0 aliphatic heterocycles. The lowest BCUT2D eigenvalue weighted by molar-refractivity contribution is 0.103. The predicted molar refractivity (Wildman–Crippen MR) is 79.2 cm³/mol. The van der Waals surface area contributed by atoms with E-state index in [0.717, 1.165) is 0 Å². The molecule has 0 bridgehead atoms. The fourth-order valence-corrected chi connectivity index (χ4v) is 2.38. The number of anilines is 1. The minimum absolute atomic E-state index is 0.230. The number of carbonyl (C=O) groups excluding carboxylic acids is 1. The van der Waals surface area contributed by atoms with Gasteiger partial charge >= 0.3 is 0 Å². The first-order chi connectivity index (χ1) is 10.1. The summed E-state index contributed by atoms with van der Waals surface area (Å²) in [6.07, 6.45) is 0. The number of benzene rings is 1. The molecule has 0 unspecified atom stereocenters. The van der Waals surface area contributed by atoms with Crippen molar-refractivity contribution in [1.82, 2.24) is 0 Å². The smallest absolute Gasteiger partial charge is 0.265 e. The third kappa shape index (κ3) is 3.81. The van der Waals surface area contributed by atoms with Gasteiger partial charge in [-0.1, -0.05) is 11.8 Å². The SMILES string of the molecule is COc1cc(F)ccc1NC(=O)c1ccc(C#CCO)s1. The van der Waals surface area contributed by atoms with Gasteiger partial charge < -0.3 is 15.2 Å². The minimum atomic E-state index is -0.442. The number of amides is 1. The van der Waals surface area contributed by atoms with Crippen LogP contribution in [0.2, 0.25) is 0 Å². The van der Waals surface area contributed by atoms with Gasteiger partial charge in [0, 0.05) is 6.07 Å². The molecule has 0 atom stereocenters. The zero-order valence-corrected chi connectivity index (χ0v) is 12.0. The Balaban J connectivity index is 2.16. The molecular formula is C15H12FNO3S. The largest absolute Gasteiger partial charge is 0.494 e. The molecule has 0 saturated carbocycles. The molecule has 1 amide bonds. The molecule has 2 rings (SSSR count). The highest BCUT2D eigenvalue weighted by atomic mass is 32.1. The summed E-state index contributed by atoms with van der Waals surface area (Å²) < 4.78 is 18.1. The number of aliphatic hydroxyl groups excluding tert-OH is 1. The maximum absolute atomic E-state index is 13.1. The summed E-state index contributed by atoms with van der Waals surface area (Å²) in [4.78, 5) is 13.2. The zero-order chi connectivity index (χ0) is 15.2. The van der Waals surface area contributed by atoms with E-state index in [9.17, 15) is 9.18 Å². The Morgan fingerprint density at radius 2 is 2.24 bits per heavy atom. The van der Waals surface area contributed by atoms with Crippen molar-refractivity contribution in [2.45, 2.75) is 0 Å². The molecular weight excluding hydrogens is 293 g/mol. The van der Waals surface area contributed by atoms with Gasteiger partial charge in [0.25, 0.3) is 5.91 Å². The normalized spacial score (nSPS) is 9.67. The van der Waals surface area contributed by atoms with E-state index in [4.69, 9.17) is 9.84 Å². The van der Waals surface area contributed by atoms with Crippen LogP contribution in [0.4, 0.5) is 10.1 Å². The molecule has 0 saturated heterocycles. The summed E-state index contributed by atoms with van der Waals surface area (Å²) in [5, 5.41) is 11.3. The van der Waals surface area contributed by atoms with Crippen molar-refractivity contribution in [1.29, 1.82) is 0 Å². The first-order valence-corrected chi connectivity index (χ1v) is 6.80. The lowest BCUT2D eigenvalue weighted by Crippen LogP contribution is -2.11. The average Bonchev–Trinajstić information content (AvgIpc) is 2.95. The van der Waals surface area contributed by atoms with Crippen molar-refractivity contribution < 1.29 is 19.0 Å². The van der Waals surface area contributed by atoms with Gasteiger partial charge in [-0.2, -0.15) is 0 Å². The van der Waals surface area contributed by atoms with Crippen molar-refractivity contribution in [3.63, 3.8) is 0 Å². The van der Waals surface area contributed by atoms with Crippen LogP contribution in [0, 0.1) is 17.7 Å². The Morgan fingerprint density at radius 3 is 2.95 bits per heavy atom. The van der Waals surface area contributed by atoms with Crippen molar-refractivity contribution in [2.75, 3.05) is 19.0 Å². The molecule has 2 aromatic rings. The van der Waals surface area contributed by atoms with Gasteiger partial charge in [0.05, 0.1) is 22.6 Å². The van der Waals surface area contributed by atoms with Crippen molar-refractivity contribution in [3.05, 3.63) is 45.9 Å². The van der Waals surface area contributed by atoms with E-state index in [1.54, 1.807) is 12.1 Å². The zero-order valence-electron chi connectivity index (χ0n) is 11.1. The number of ether oxygens (including phenoxy) is 1. The number of aliphatic hydroxyl groups is 1. The number of hydrogen-bond acceptors (Lipinski definition) is 4. The highest BCUT2D eigenvalue weighted by Gasteiger charge is 2.12. The summed E-state index contributed by atoms with van der Waals surface area (Å²) in [6.45, 7) is -0.230. The van der Waals surface area contributed by atoms with Crippen molar-refractivity contribution >= 4 is 22.9 Å². The third-order valence-electron chi connectivity index (χ3n) is 2.53. The molecule has 108 valence electrons. The maximum Gasteiger partial charge on any atom is 0.265 e. The molecule has 2 N–H and O–H groups in total. The maximum atomic E-state index is 13.1. The molecule has 0 aliphatic carbocycles. The summed E-state index contributed by atoms with van der Waals surface area (Å²) in [5.74, 6) is 4.72. The Kier molecular flexibility index (Phi) is 4.93. The number of carbonyl (C=O) groups is 1. The molecule has 6 heteroatoms. The van der Waals surface area contributed by atoms with Gasteiger partial charge in [0.2, 0.25) is 0 Å². The van der Waals surface area contributed by atoms with Gasteiger partial charge in [-0.05, 0) is 24.3 Å². The second-order valence-electron chi connectivity index (χ2n) is 3.92. The summed E-state index contributed by atoms with van der Waals surface area (Å²) in [6, 6.07) is 7.21. The molecule has 0 radical (unpaired) electrons. The Labute approximate surface area is 125 Å². The van der Waals surface area contributed by atoms with Crippen LogP contribution in [0.5, 0.6) is 5.75 Å². The van der Waals surface area contributed by atoms with E-state index in [0.29, 0.717) is 15.4 Å². The summed E-state index contributed by atoms with van der Waals surface area (Å²) in [5.41, 5.74) is 0.389. The number of nitrogens with one attached hydrogen (secondary N) is 1. The van der Waals surface area contributed by atoms with Gasteiger partial charge in [-0.15, -0.1) is 11.3 Å². The second kappa shape index (κ2) is 6.88. The summed E-state index contributed by atoms with van der Waals surface area (Å²) >= 11 is 1.21. The van der Waals surface area contributed by atoms with Crippen LogP contribution in [0.15, 0.2) is 30.3 Å². The van der Waals surface area contributed by atoms with Gasteiger partial charge in [0.1, 0.15) is 18.2 Å². The molecule has 0 spiro atoms. The topological polar surface area (TPSA) is 58.6 Å². The van der Waals surface area contributed by atoms with Crippen LogP contribution in [0.1, 0.15) is 14.5 Å². The fourth-order valence-electron chi connectivity index (χ4n) is 1.61. The van der Waals surface area contributed by atoms with E-state index < -0.39 is 5.82 Å². The first kappa shape index (κ1) is 15.0. The lowest BCUT2D eigenvalue weighted by atomic mass is 10.2. The highest BCUT2D eigenvalue weighted by molar-refractivity contribution is 7.14. The Hall–Kier alpha value is -2.36. The quantitative estimate of drug-likeness (QED) is 0.857. The van der Waals surface area contributed by atoms with E-state index in [1.807, 2.05) is 0 Å². The van der Waals surface area contributed by atoms with Crippen LogP contribution in [-0.2, 0) is 0 Å². The van der Waals surface area contributed by atoms with Crippen molar-refractivity contribution in [3.8, 4) is 17.6 Å². The lowest BCUT2D eigenvalue weighted by Gasteiger charge is -2.09. The van der Waals surface area contributed by atoms with Gasteiger partial charge in [0.15, 0.2) is 0 Å². The van der Waals surface area contributed by atoms with Gasteiger partial charge in [-0.3, -0.25) is 4.79 Å². The number of rotatable bonds is 3. The Bertz CT molecular complexity index is 715. The molecule has 1 aromatic carbocycles. The Morgan fingerprint density at radius 1 is 1.43 bits per heavy atom. The summed E-state index contributed by atoms with van der Waals surface area (Å²) in [7, 11) is 1.40. The monoisotopic (exact) mass is 305 g/mol. The fraction of sp³-hybridized carbons (Fsp3) is 0.133. The highest BCUT2D eigenvalue weighted by Crippen LogP contribution is 2.26. The molecule has 4 nitrogen and oxygen atoms in total. The van der Waals surface area contributed by atoms with Crippen LogP contribution in [0.25, 0.3) is 0 Å². The van der Waals surface area contributed by atoms with Crippen LogP contribution >= 0.6 is 11.3 Å². The number of thiophene rings is 1. The van der Waals surface area contributed by atoms with Gasteiger partial charge in [-0.25, -0.2) is 4.39 Å². The minimum Gasteiger partial charge on any atom is -0.494 e. The number of methoxy groups -OCH3 is 1. The molecule has 1 heterocycles. The van der Waals surface area contributed by atoms with Crippen LogP contribution < -0.4 is 10.1 Å². The number of halogens is 1. The molecule has 0 fully saturated rings. The van der Waals surface area contributed by atoms with Crippen LogP contribution in [0.3, 0.4) is 0 Å². The first-order valence-electron chi connectivity index (χ1n) is 5.98.